The van der Waals surface area contributed by atoms with Crippen LogP contribution in [0.2, 0.25) is 0 Å². The number of imidazole rings is 1. The highest BCUT2D eigenvalue weighted by Gasteiger charge is 2.22. The maximum atomic E-state index is 12.8. The lowest BCUT2D eigenvalue weighted by Crippen LogP contribution is -2.31. The molecule has 3 rings (SSSR count). The molecule has 0 bridgehead atoms. The molecular weight excluding hydrogens is 368 g/mol. The molecular formula is C22H26N4O3. The van der Waals surface area contributed by atoms with Crippen molar-refractivity contribution in [1.82, 2.24) is 14.9 Å². The Morgan fingerprint density at radius 2 is 1.86 bits per heavy atom. The second-order valence-corrected chi connectivity index (χ2v) is 6.74. The van der Waals surface area contributed by atoms with Gasteiger partial charge in [0.2, 0.25) is 5.91 Å². The summed E-state index contributed by atoms with van der Waals surface area (Å²) in [6.45, 7) is 0. The van der Waals surface area contributed by atoms with Crippen LogP contribution in [-0.2, 0) is 18.3 Å². The second kappa shape index (κ2) is 9.14. The van der Waals surface area contributed by atoms with Crippen LogP contribution in [-0.4, -0.2) is 29.7 Å². The van der Waals surface area contributed by atoms with Gasteiger partial charge in [-0.3, -0.25) is 4.79 Å². The van der Waals surface area contributed by atoms with Crippen molar-refractivity contribution in [2.75, 3.05) is 20.0 Å². The summed E-state index contributed by atoms with van der Waals surface area (Å²) in [4.78, 5) is 17.2. The average molecular weight is 394 g/mol. The molecule has 3 aromatic rings. The number of para-hydroxylation sites is 1. The average Bonchev–Trinajstić information content (AvgIpc) is 3.16. The van der Waals surface area contributed by atoms with Crippen molar-refractivity contribution >= 4 is 11.6 Å². The molecule has 0 aliphatic rings. The number of methoxy groups -OCH3 is 2. The van der Waals surface area contributed by atoms with Crippen molar-refractivity contribution in [2.45, 2.75) is 18.9 Å². The third kappa shape index (κ3) is 4.87. The quantitative estimate of drug-likeness (QED) is 0.573. The van der Waals surface area contributed by atoms with Gasteiger partial charge in [0.05, 0.1) is 14.2 Å². The number of nitrogens with one attached hydrogen (secondary N) is 1. The first-order valence-electron chi connectivity index (χ1n) is 9.34. The summed E-state index contributed by atoms with van der Waals surface area (Å²) in [6.07, 6.45) is 4.43. The molecule has 0 fully saturated rings. The number of nitrogens with zero attached hydrogens (tertiary/aromatic N) is 2. The normalized spacial score (nSPS) is 11.7. The first-order valence-corrected chi connectivity index (χ1v) is 9.34. The zero-order valence-corrected chi connectivity index (χ0v) is 16.9. The number of nitrogen functional groups attached to an aromatic ring is 1. The molecule has 2 aromatic carbocycles. The third-order valence-electron chi connectivity index (χ3n) is 4.81. The molecule has 0 spiro atoms. The maximum absolute atomic E-state index is 12.8. The topological polar surface area (TPSA) is 91.4 Å². The molecule has 0 saturated carbocycles. The van der Waals surface area contributed by atoms with Gasteiger partial charge in [0.15, 0.2) is 0 Å². The Hall–Kier alpha value is -3.48. The van der Waals surface area contributed by atoms with Crippen molar-refractivity contribution in [2.24, 2.45) is 7.05 Å². The minimum atomic E-state index is -0.445. The Morgan fingerprint density at radius 1 is 1.17 bits per heavy atom. The number of hydrogen-bond acceptors (Lipinski definition) is 5. The van der Waals surface area contributed by atoms with Crippen LogP contribution in [0.15, 0.2) is 54.9 Å². The smallest absolute Gasteiger partial charge is 0.221 e. The molecule has 1 amide bonds. The summed E-state index contributed by atoms with van der Waals surface area (Å²) in [7, 11) is 5.08. The van der Waals surface area contributed by atoms with E-state index in [-0.39, 0.29) is 5.91 Å². The van der Waals surface area contributed by atoms with Gasteiger partial charge in [-0.1, -0.05) is 18.2 Å². The molecule has 152 valence electrons. The minimum absolute atomic E-state index is 0.0944. The second-order valence-electron chi connectivity index (χ2n) is 6.74. The highest BCUT2D eigenvalue weighted by atomic mass is 16.5. The van der Waals surface area contributed by atoms with Crippen LogP contribution < -0.4 is 20.5 Å². The van der Waals surface area contributed by atoms with E-state index >= 15 is 0 Å². The molecule has 1 aromatic heterocycles. The van der Waals surface area contributed by atoms with Crippen LogP contribution in [0, 0.1) is 0 Å². The number of anilines is 1. The number of aromatic nitrogens is 2. The van der Waals surface area contributed by atoms with Crippen LogP contribution in [0.5, 0.6) is 11.5 Å². The molecule has 7 heteroatoms. The van der Waals surface area contributed by atoms with Crippen LogP contribution >= 0.6 is 0 Å². The third-order valence-corrected chi connectivity index (χ3v) is 4.81. The van der Waals surface area contributed by atoms with E-state index < -0.39 is 6.04 Å². The Kier molecular flexibility index (Phi) is 6.39. The van der Waals surface area contributed by atoms with E-state index in [4.69, 9.17) is 15.2 Å². The highest BCUT2D eigenvalue weighted by molar-refractivity contribution is 5.77. The fourth-order valence-electron chi connectivity index (χ4n) is 3.19. The molecule has 3 N–H and O–H groups in total. The Bertz CT molecular complexity index is 961. The molecule has 1 unspecified atom stereocenters. The zero-order valence-electron chi connectivity index (χ0n) is 16.9. The van der Waals surface area contributed by atoms with Gasteiger partial charge in [-0.25, -0.2) is 4.98 Å². The first kappa shape index (κ1) is 20.3. The van der Waals surface area contributed by atoms with Gasteiger partial charge in [0.1, 0.15) is 23.4 Å². The van der Waals surface area contributed by atoms with Crippen molar-refractivity contribution in [3.05, 3.63) is 71.8 Å². The van der Waals surface area contributed by atoms with E-state index in [1.54, 1.807) is 26.5 Å². The fourth-order valence-corrected chi connectivity index (χ4v) is 3.19. The Balaban J connectivity index is 1.84. The summed E-state index contributed by atoms with van der Waals surface area (Å²) in [6, 6.07) is 12.7. The molecule has 0 radical (unpaired) electrons. The van der Waals surface area contributed by atoms with Gasteiger partial charge in [-0.05, 0) is 35.7 Å². The minimum Gasteiger partial charge on any atom is -0.497 e. The van der Waals surface area contributed by atoms with Gasteiger partial charge in [0.25, 0.3) is 0 Å². The Labute approximate surface area is 170 Å². The number of ether oxygens (including phenoxy) is 2. The summed E-state index contributed by atoms with van der Waals surface area (Å²) in [5, 5.41) is 3.09. The number of rotatable bonds is 8. The number of nitrogens with two attached hydrogens (primary N) is 1. The lowest BCUT2D eigenvalue weighted by molar-refractivity contribution is -0.121. The van der Waals surface area contributed by atoms with Crippen molar-refractivity contribution in [1.29, 1.82) is 0 Å². The SMILES string of the molecule is COc1cc(OC)cc(C(NC(=O)CCc2ccccc2N)c2nccn2C)c1. The largest absolute Gasteiger partial charge is 0.497 e. The van der Waals surface area contributed by atoms with Gasteiger partial charge in [-0.2, -0.15) is 0 Å². The van der Waals surface area contributed by atoms with Crippen LogP contribution in [0.3, 0.4) is 0 Å². The molecule has 29 heavy (non-hydrogen) atoms. The van der Waals surface area contributed by atoms with E-state index in [9.17, 15) is 4.79 Å². The number of carbonyl (C=O) groups is 1. The van der Waals surface area contributed by atoms with Crippen LogP contribution in [0.1, 0.15) is 29.4 Å². The van der Waals surface area contributed by atoms with Crippen molar-refractivity contribution in [3.8, 4) is 11.5 Å². The number of aryl methyl sites for hydroxylation is 2. The predicted molar refractivity (Wildman–Crippen MR) is 112 cm³/mol. The van der Waals surface area contributed by atoms with Gasteiger partial charge in [0, 0.05) is 37.6 Å². The molecule has 1 heterocycles. The van der Waals surface area contributed by atoms with Crippen LogP contribution in [0.4, 0.5) is 5.69 Å². The number of amides is 1. The Morgan fingerprint density at radius 3 is 2.45 bits per heavy atom. The molecule has 7 nitrogen and oxygen atoms in total. The van der Waals surface area contributed by atoms with E-state index in [1.807, 2.05) is 54.2 Å². The van der Waals surface area contributed by atoms with Crippen LogP contribution in [0.25, 0.3) is 0 Å². The van der Waals surface area contributed by atoms with E-state index in [0.717, 1.165) is 11.1 Å². The number of hydrogen-bond donors (Lipinski definition) is 2. The van der Waals surface area contributed by atoms with E-state index in [1.165, 1.54) is 0 Å². The predicted octanol–water partition coefficient (Wildman–Crippen LogP) is 2.86. The van der Waals surface area contributed by atoms with E-state index in [0.29, 0.717) is 35.9 Å². The molecule has 0 aliphatic heterocycles. The molecule has 0 saturated heterocycles. The van der Waals surface area contributed by atoms with Gasteiger partial charge < -0.3 is 25.1 Å². The van der Waals surface area contributed by atoms with Crippen molar-refractivity contribution in [3.63, 3.8) is 0 Å². The van der Waals surface area contributed by atoms with Gasteiger partial charge in [-0.15, -0.1) is 0 Å². The van der Waals surface area contributed by atoms with Crippen molar-refractivity contribution < 1.29 is 14.3 Å². The lowest BCUT2D eigenvalue weighted by atomic mass is 10.0. The summed E-state index contributed by atoms with van der Waals surface area (Å²) >= 11 is 0. The summed E-state index contributed by atoms with van der Waals surface area (Å²) in [5.74, 6) is 1.91. The zero-order chi connectivity index (χ0) is 20.8. The van der Waals surface area contributed by atoms with Gasteiger partial charge >= 0.3 is 0 Å². The van der Waals surface area contributed by atoms with E-state index in [2.05, 4.69) is 10.3 Å². The molecule has 0 aliphatic carbocycles. The summed E-state index contributed by atoms with van der Waals surface area (Å²) in [5.41, 5.74) is 8.46. The number of benzene rings is 2. The highest BCUT2D eigenvalue weighted by Crippen LogP contribution is 2.29. The molecule has 1 atom stereocenters. The lowest BCUT2D eigenvalue weighted by Gasteiger charge is -2.20. The number of carbonyl (C=O) groups excluding carboxylic acids is 1. The monoisotopic (exact) mass is 394 g/mol. The fraction of sp³-hybridized carbons (Fsp3) is 0.273. The maximum Gasteiger partial charge on any atom is 0.221 e. The summed E-state index contributed by atoms with van der Waals surface area (Å²) < 4.78 is 12.7. The standard InChI is InChI=1S/C22H26N4O3/c1-26-11-10-24-22(26)21(16-12-17(28-2)14-18(13-16)29-3)25-20(27)9-8-15-6-4-5-7-19(15)23/h4-7,10-14,21H,8-9,23H2,1-3H3,(H,25,27). The first-order chi connectivity index (χ1) is 14.0.